The predicted octanol–water partition coefficient (Wildman–Crippen LogP) is 2.19. The third-order valence-corrected chi connectivity index (χ3v) is 5.10. The number of phenolic OH excluding ortho intramolecular Hbond substituents is 1. The molecule has 1 fully saturated rings. The lowest BCUT2D eigenvalue weighted by Gasteiger charge is -2.17. The summed E-state index contributed by atoms with van der Waals surface area (Å²) in [6.07, 6.45) is -2.68. The molecule has 0 saturated heterocycles. The Bertz CT molecular complexity index is 1280. The molecule has 34 heavy (non-hydrogen) atoms. The lowest BCUT2D eigenvalue weighted by molar-refractivity contribution is -0.138. The molecule has 1 saturated carbocycles. The summed E-state index contributed by atoms with van der Waals surface area (Å²) in [6.45, 7) is 0.00469. The highest BCUT2D eigenvalue weighted by Crippen LogP contribution is 2.40. The number of aromatic hydroxyl groups is 1. The maximum Gasteiger partial charge on any atom is 0.420 e. The van der Waals surface area contributed by atoms with E-state index < -0.39 is 46.2 Å². The summed E-state index contributed by atoms with van der Waals surface area (Å²) < 4.78 is 44.7. The van der Waals surface area contributed by atoms with E-state index in [1.54, 1.807) is 0 Å². The van der Waals surface area contributed by atoms with Crippen molar-refractivity contribution in [2.24, 2.45) is 0 Å². The van der Waals surface area contributed by atoms with Crippen molar-refractivity contribution in [3.8, 4) is 17.2 Å². The van der Waals surface area contributed by atoms with Crippen LogP contribution in [-0.2, 0) is 17.5 Å². The molecular formula is C21H18F3N5O5. The number of benzene rings is 1. The zero-order valence-corrected chi connectivity index (χ0v) is 17.3. The molecule has 3 aromatic rings. The molecule has 1 aromatic carbocycles. The quantitative estimate of drug-likeness (QED) is 0.352. The van der Waals surface area contributed by atoms with Crippen molar-refractivity contribution < 1.29 is 32.6 Å². The smallest absolute Gasteiger partial charge is 0.420 e. The van der Waals surface area contributed by atoms with Crippen LogP contribution in [-0.4, -0.2) is 37.6 Å². The number of H-pyrrole nitrogens is 2. The summed E-state index contributed by atoms with van der Waals surface area (Å²) in [5.74, 6) is -2.05. The van der Waals surface area contributed by atoms with Crippen molar-refractivity contribution >= 4 is 11.8 Å². The van der Waals surface area contributed by atoms with Gasteiger partial charge < -0.3 is 20.5 Å². The van der Waals surface area contributed by atoms with Gasteiger partial charge in [0.1, 0.15) is 34.0 Å². The molecule has 0 spiro atoms. The van der Waals surface area contributed by atoms with Crippen molar-refractivity contribution in [2.75, 3.05) is 0 Å². The molecule has 0 atom stereocenters. The van der Waals surface area contributed by atoms with E-state index in [1.165, 1.54) is 18.3 Å². The molecule has 2 amide bonds. The summed E-state index contributed by atoms with van der Waals surface area (Å²) in [6, 6.07) is 6.56. The zero-order valence-electron chi connectivity index (χ0n) is 17.3. The van der Waals surface area contributed by atoms with Crippen LogP contribution in [0, 0.1) is 0 Å². The molecule has 1 aliphatic rings. The monoisotopic (exact) mass is 477 g/mol. The zero-order chi connectivity index (χ0) is 24.5. The SMILES string of the molecule is O=C(NC1(C(=O)NCc2ccc(Oc3ccc(O)cc3C(F)(F)F)cn2)CC1)c1cc(=O)[nH][nH]1. The van der Waals surface area contributed by atoms with E-state index in [4.69, 9.17) is 4.74 Å². The molecule has 0 radical (unpaired) electrons. The molecule has 178 valence electrons. The van der Waals surface area contributed by atoms with Crippen molar-refractivity contribution in [1.29, 1.82) is 0 Å². The number of pyridine rings is 1. The maximum absolute atomic E-state index is 13.2. The lowest BCUT2D eigenvalue weighted by atomic mass is 10.2. The molecule has 1 aliphatic carbocycles. The van der Waals surface area contributed by atoms with Crippen LogP contribution in [0.4, 0.5) is 13.2 Å². The first-order valence-corrected chi connectivity index (χ1v) is 9.97. The fourth-order valence-corrected chi connectivity index (χ4v) is 3.14. The second kappa shape index (κ2) is 8.57. The van der Waals surface area contributed by atoms with Crippen LogP contribution in [0.25, 0.3) is 0 Å². The molecule has 5 N–H and O–H groups in total. The van der Waals surface area contributed by atoms with E-state index >= 15 is 0 Å². The number of hydrogen-bond donors (Lipinski definition) is 5. The molecule has 10 nitrogen and oxygen atoms in total. The number of aromatic amines is 2. The van der Waals surface area contributed by atoms with E-state index in [-0.39, 0.29) is 18.0 Å². The topological polar surface area (TPSA) is 149 Å². The largest absolute Gasteiger partial charge is 0.508 e. The normalized spacial score (nSPS) is 14.3. The van der Waals surface area contributed by atoms with Crippen LogP contribution >= 0.6 is 0 Å². The number of carbonyl (C=O) groups is 2. The summed E-state index contributed by atoms with van der Waals surface area (Å²) in [5.41, 5.74) is -2.29. The van der Waals surface area contributed by atoms with E-state index in [0.717, 1.165) is 18.2 Å². The van der Waals surface area contributed by atoms with E-state index in [9.17, 15) is 32.7 Å². The standard InChI is InChI=1S/C21H18F3N5O5/c22-21(23,24)14-7-12(30)2-4-16(14)34-13-3-1-11(25-10-13)9-26-19(33)20(5-6-20)27-18(32)15-8-17(31)29-28-15/h1-4,7-8,10,30H,5-6,9H2,(H,26,33)(H,27,32)(H2,28,29,31). The minimum atomic E-state index is -4.73. The van der Waals surface area contributed by atoms with E-state index in [2.05, 4.69) is 25.8 Å². The Morgan fingerprint density at radius 3 is 2.50 bits per heavy atom. The number of aromatic nitrogens is 3. The summed E-state index contributed by atoms with van der Waals surface area (Å²) in [4.78, 5) is 40.0. The van der Waals surface area contributed by atoms with Crippen LogP contribution in [0.1, 0.15) is 34.6 Å². The highest BCUT2D eigenvalue weighted by atomic mass is 19.4. The van der Waals surface area contributed by atoms with Crippen LogP contribution < -0.4 is 20.9 Å². The van der Waals surface area contributed by atoms with Gasteiger partial charge in [-0.1, -0.05) is 0 Å². The van der Waals surface area contributed by atoms with Gasteiger partial charge in [0.15, 0.2) is 0 Å². The maximum atomic E-state index is 13.2. The summed E-state index contributed by atoms with van der Waals surface area (Å²) in [7, 11) is 0. The molecule has 2 aromatic heterocycles. The molecule has 0 bridgehead atoms. The molecule has 13 heteroatoms. The molecule has 4 rings (SSSR count). The number of nitrogens with zero attached hydrogens (tertiary/aromatic N) is 1. The second-order valence-electron chi connectivity index (χ2n) is 7.66. The first kappa shape index (κ1) is 22.9. The van der Waals surface area contributed by atoms with Gasteiger partial charge in [-0.05, 0) is 43.2 Å². The molecule has 0 unspecified atom stereocenters. The Labute approximate surface area is 189 Å². The van der Waals surface area contributed by atoms with Gasteiger partial charge in [0.2, 0.25) is 5.91 Å². The minimum Gasteiger partial charge on any atom is -0.508 e. The number of halogens is 3. The third-order valence-electron chi connectivity index (χ3n) is 5.10. The van der Waals surface area contributed by atoms with Gasteiger partial charge in [-0.25, -0.2) is 0 Å². The first-order chi connectivity index (χ1) is 16.1. The first-order valence-electron chi connectivity index (χ1n) is 9.97. The van der Waals surface area contributed by atoms with Crippen molar-refractivity contribution in [3.63, 3.8) is 0 Å². The summed E-state index contributed by atoms with van der Waals surface area (Å²) >= 11 is 0. The number of amides is 2. The number of carbonyl (C=O) groups excluding carboxylic acids is 2. The van der Waals surface area contributed by atoms with Crippen LogP contribution in [0.2, 0.25) is 0 Å². The molecular weight excluding hydrogens is 459 g/mol. The van der Waals surface area contributed by atoms with Crippen LogP contribution in [0.15, 0.2) is 47.4 Å². The van der Waals surface area contributed by atoms with Gasteiger partial charge in [-0.2, -0.15) is 13.2 Å². The van der Waals surface area contributed by atoms with Crippen LogP contribution in [0.5, 0.6) is 17.2 Å². The fourth-order valence-electron chi connectivity index (χ4n) is 3.14. The van der Waals surface area contributed by atoms with E-state index in [0.29, 0.717) is 24.6 Å². The van der Waals surface area contributed by atoms with Crippen molar-refractivity contribution in [2.45, 2.75) is 31.1 Å². The second-order valence-corrected chi connectivity index (χ2v) is 7.66. The minimum absolute atomic E-state index is 0.00337. The molecule has 2 heterocycles. The predicted molar refractivity (Wildman–Crippen MR) is 110 cm³/mol. The van der Waals surface area contributed by atoms with Gasteiger partial charge in [0.05, 0.1) is 18.4 Å². The molecule has 0 aliphatic heterocycles. The highest BCUT2D eigenvalue weighted by molar-refractivity contribution is 5.99. The number of ether oxygens (including phenoxy) is 1. The summed E-state index contributed by atoms with van der Waals surface area (Å²) in [5, 5.41) is 19.2. The highest BCUT2D eigenvalue weighted by Gasteiger charge is 2.51. The Balaban J connectivity index is 1.35. The van der Waals surface area contributed by atoms with E-state index in [1.807, 2.05) is 0 Å². The van der Waals surface area contributed by atoms with Crippen molar-refractivity contribution in [1.82, 2.24) is 25.8 Å². The average molecular weight is 477 g/mol. The Hall–Kier alpha value is -4.29. The lowest BCUT2D eigenvalue weighted by Crippen LogP contribution is -2.48. The Morgan fingerprint density at radius 1 is 1.15 bits per heavy atom. The Morgan fingerprint density at radius 2 is 1.91 bits per heavy atom. The van der Waals surface area contributed by atoms with Gasteiger partial charge >= 0.3 is 6.18 Å². The average Bonchev–Trinajstić information content (AvgIpc) is 3.44. The van der Waals surface area contributed by atoms with Gasteiger partial charge in [-0.15, -0.1) is 0 Å². The van der Waals surface area contributed by atoms with Gasteiger partial charge in [0, 0.05) is 6.07 Å². The number of rotatable bonds is 7. The number of alkyl halides is 3. The third kappa shape index (κ3) is 5.03. The number of hydrogen-bond acceptors (Lipinski definition) is 6. The Kier molecular flexibility index (Phi) is 5.77. The van der Waals surface area contributed by atoms with Crippen molar-refractivity contribution in [3.05, 3.63) is 69.9 Å². The van der Waals surface area contributed by atoms with Gasteiger partial charge in [-0.3, -0.25) is 29.6 Å². The number of nitrogens with one attached hydrogen (secondary N) is 4. The van der Waals surface area contributed by atoms with Gasteiger partial charge in [0.25, 0.3) is 11.5 Å². The fraction of sp³-hybridized carbons (Fsp3) is 0.238. The number of phenols is 1. The van der Waals surface area contributed by atoms with Crippen LogP contribution in [0.3, 0.4) is 0 Å².